The second-order valence-corrected chi connectivity index (χ2v) is 5.18. The average molecular weight is 548 g/mol. The number of hydrogen-bond donors (Lipinski definition) is 7. The Morgan fingerprint density at radius 1 is 1.17 bits per heavy atom. The van der Waals surface area contributed by atoms with Gasteiger partial charge in [0.25, 0.3) is 0 Å². The summed E-state index contributed by atoms with van der Waals surface area (Å²) < 4.78 is 5.41. The molecule has 5 unspecified atom stereocenters. The number of nitrogens with one attached hydrogen (secondary N) is 3. The van der Waals surface area contributed by atoms with Gasteiger partial charge < -0.3 is 45.5 Å². The van der Waals surface area contributed by atoms with E-state index in [1.54, 1.807) is 0 Å². The van der Waals surface area contributed by atoms with Crippen LogP contribution >= 0.6 is 0 Å². The Morgan fingerprint density at radius 3 is 2.52 bits per heavy atom. The minimum Gasteiger partial charge on any atom is -0.436 e. The van der Waals surface area contributed by atoms with E-state index in [0.29, 0.717) is 17.0 Å². The number of fused-ring (bicyclic) bond motifs is 1. The van der Waals surface area contributed by atoms with Gasteiger partial charge in [-0.2, -0.15) is 0 Å². The van der Waals surface area contributed by atoms with Crippen molar-refractivity contribution < 1.29 is 56.3 Å². The molecule has 0 spiro atoms. The van der Waals surface area contributed by atoms with Gasteiger partial charge in [-0.3, -0.25) is 4.98 Å². The number of H-pyrrole nitrogens is 2. The molecule has 3 rings (SSSR count). The van der Waals surface area contributed by atoms with Crippen molar-refractivity contribution in [1.82, 2.24) is 19.9 Å². The Kier molecular flexibility index (Phi) is 5.96. The third kappa shape index (κ3) is 3.51. The van der Waals surface area contributed by atoms with Gasteiger partial charge in [-0.15, -0.1) is 0 Å². The molecular formula is C12H16N5O5U-. The van der Waals surface area contributed by atoms with Crippen LogP contribution in [-0.2, 0) is 11.2 Å². The molecule has 7 N–H and O–H groups in total. The van der Waals surface area contributed by atoms with Crippen LogP contribution in [0.2, 0.25) is 0 Å². The Balaban J connectivity index is 0.00000192. The number of aromatic amines is 2. The molecule has 0 bridgehead atoms. The number of rotatable bonds is 3. The van der Waals surface area contributed by atoms with Crippen LogP contribution in [0.5, 0.6) is 0 Å². The summed E-state index contributed by atoms with van der Waals surface area (Å²) in [5.41, 5.74) is 0.749. The van der Waals surface area contributed by atoms with E-state index in [-0.39, 0.29) is 43.0 Å². The van der Waals surface area contributed by atoms with Crippen LogP contribution in [-0.4, -0.2) is 77.5 Å². The molecule has 1 saturated heterocycles. The van der Waals surface area contributed by atoms with Crippen LogP contribution in [0.25, 0.3) is 11.2 Å². The number of hydrogen-bond acceptors (Lipinski definition) is 8. The van der Waals surface area contributed by atoms with Crippen LogP contribution in [0.4, 0.5) is 0 Å². The molecule has 1 aliphatic heterocycles. The third-order valence-corrected chi connectivity index (χ3v) is 3.72. The summed E-state index contributed by atoms with van der Waals surface area (Å²) in [7, 11) is 0. The molecule has 5 atom stereocenters. The molecule has 0 amide bonds. The zero-order valence-corrected chi connectivity index (χ0v) is 16.1. The molecule has 10 nitrogen and oxygen atoms in total. The molecule has 11 heteroatoms. The van der Waals surface area contributed by atoms with Crippen LogP contribution < -0.4 is 5.49 Å². The SMILES string of the molecule is N=c1n[c-][nH]c2nc(CC3OC(CO)C(O)C(O)C3O)[nH]c12.[U]. The fourth-order valence-corrected chi connectivity index (χ4v) is 2.51. The first-order valence-corrected chi connectivity index (χ1v) is 6.71. The van der Waals surface area contributed by atoms with Crippen molar-refractivity contribution in [2.75, 3.05) is 6.61 Å². The smallest absolute Gasteiger partial charge is 0.111 e. The second kappa shape index (κ2) is 7.40. The largest absolute Gasteiger partial charge is 0.436 e. The van der Waals surface area contributed by atoms with Crippen molar-refractivity contribution >= 4 is 11.2 Å². The fourth-order valence-electron chi connectivity index (χ4n) is 2.51. The predicted octanol–water partition coefficient (Wildman–Crippen LogP) is -3.05. The molecule has 124 valence electrons. The fraction of sp³-hybridized carbons (Fsp3) is 0.583. The summed E-state index contributed by atoms with van der Waals surface area (Å²) in [5.74, 6) is 0.408. The second-order valence-electron chi connectivity index (χ2n) is 5.18. The summed E-state index contributed by atoms with van der Waals surface area (Å²) in [6.45, 7) is -0.481. The number of nitrogens with zero attached hydrogens (tertiary/aromatic N) is 2. The molecule has 1 fully saturated rings. The Hall–Kier alpha value is -0.798. The standard InChI is InChI=1S/C12H16N5O5.U/c13-11-7-12(15-3-14-11)17-6(16-7)1-4-8(19)10(21)9(20)5(2-18)22-4;/h4-5,8-10,18-21H,1-2H2,(H3,13,14,15,16,17);/q-1;. The quantitative estimate of drug-likeness (QED) is 0.200. The number of ether oxygens (including phenoxy) is 1. The number of aliphatic hydroxyl groups is 4. The normalized spacial score (nSPS) is 31.0. The van der Waals surface area contributed by atoms with Crippen molar-refractivity contribution in [1.29, 1.82) is 5.41 Å². The maximum Gasteiger partial charge on any atom is 0.111 e. The van der Waals surface area contributed by atoms with Crippen molar-refractivity contribution in [3.63, 3.8) is 0 Å². The summed E-state index contributed by atoms with van der Waals surface area (Å²) in [4.78, 5) is 13.4. The zero-order chi connectivity index (χ0) is 15.9. The molecule has 3 heterocycles. The monoisotopic (exact) mass is 548 g/mol. The summed E-state index contributed by atoms with van der Waals surface area (Å²) in [5, 5.41) is 46.3. The third-order valence-electron chi connectivity index (χ3n) is 3.72. The average Bonchev–Trinajstić information content (AvgIpc) is 2.92. The van der Waals surface area contributed by atoms with Crippen LogP contribution in [0.3, 0.4) is 0 Å². The molecule has 2 aromatic heterocycles. The summed E-state index contributed by atoms with van der Waals surface area (Å²) in [6.07, 6.45) is -3.43. The van der Waals surface area contributed by atoms with Gasteiger partial charge in [0.05, 0.1) is 24.0 Å². The molecule has 23 heavy (non-hydrogen) atoms. The summed E-state index contributed by atoms with van der Waals surface area (Å²) >= 11 is 0. The van der Waals surface area contributed by atoms with Crippen LogP contribution in [0, 0.1) is 42.8 Å². The van der Waals surface area contributed by atoms with E-state index in [1.165, 1.54) is 0 Å². The van der Waals surface area contributed by atoms with Gasteiger partial charge in [0.2, 0.25) is 0 Å². The van der Waals surface area contributed by atoms with Gasteiger partial charge in [-0.25, -0.2) is 0 Å². The van der Waals surface area contributed by atoms with E-state index in [9.17, 15) is 15.3 Å². The topological polar surface area (TPSA) is 171 Å². The maximum absolute atomic E-state index is 9.99. The van der Waals surface area contributed by atoms with Gasteiger partial charge in [0, 0.05) is 55.0 Å². The number of imidazole rings is 1. The van der Waals surface area contributed by atoms with Gasteiger partial charge in [-0.05, 0) is 0 Å². The van der Waals surface area contributed by atoms with Crippen LogP contribution in [0.1, 0.15) is 5.82 Å². The maximum atomic E-state index is 9.99. The molecular weight excluding hydrogens is 532 g/mol. The van der Waals surface area contributed by atoms with E-state index in [4.69, 9.17) is 15.3 Å². The molecule has 0 saturated carbocycles. The van der Waals surface area contributed by atoms with Gasteiger partial charge >= 0.3 is 0 Å². The van der Waals surface area contributed by atoms with Crippen LogP contribution in [0.15, 0.2) is 0 Å². The first kappa shape index (κ1) is 18.5. The Labute approximate surface area is 153 Å². The van der Waals surface area contributed by atoms with Crippen molar-refractivity contribution in [2.45, 2.75) is 36.9 Å². The van der Waals surface area contributed by atoms with Gasteiger partial charge in [0.1, 0.15) is 24.4 Å². The number of aliphatic hydroxyl groups excluding tert-OH is 4. The molecule has 1 aliphatic rings. The van der Waals surface area contributed by atoms with Gasteiger partial charge in [0.15, 0.2) is 0 Å². The van der Waals surface area contributed by atoms with E-state index >= 15 is 0 Å². The van der Waals surface area contributed by atoms with E-state index < -0.39 is 37.1 Å². The molecule has 0 aromatic carbocycles. The predicted molar refractivity (Wildman–Crippen MR) is 70.4 cm³/mol. The molecule has 0 radical (unpaired) electrons. The molecule has 2 aromatic rings. The first-order chi connectivity index (χ1) is 10.5. The molecule has 0 aliphatic carbocycles. The Bertz CT molecular complexity index is 719. The van der Waals surface area contributed by atoms with E-state index in [1.807, 2.05) is 0 Å². The van der Waals surface area contributed by atoms with Crippen molar-refractivity contribution in [2.24, 2.45) is 0 Å². The minimum absolute atomic E-state index is 0. The zero-order valence-electron chi connectivity index (χ0n) is 11.9. The minimum atomic E-state index is -1.42. The van der Waals surface area contributed by atoms with Crippen molar-refractivity contribution in [3.05, 3.63) is 17.6 Å². The van der Waals surface area contributed by atoms with Crippen molar-refractivity contribution in [3.8, 4) is 0 Å². The summed E-state index contributed by atoms with van der Waals surface area (Å²) in [6, 6.07) is 0. The Morgan fingerprint density at radius 2 is 1.87 bits per heavy atom. The first-order valence-electron chi connectivity index (χ1n) is 6.71. The van der Waals surface area contributed by atoms with Gasteiger partial charge in [-0.1, -0.05) is 0 Å². The number of aromatic nitrogens is 4. The van der Waals surface area contributed by atoms with E-state index in [0.717, 1.165) is 0 Å². The van der Waals surface area contributed by atoms with E-state index in [2.05, 4.69) is 26.3 Å².